The fourth-order valence-corrected chi connectivity index (χ4v) is 3.39. The van der Waals surface area contributed by atoms with Gasteiger partial charge >= 0.3 is 0 Å². The highest BCUT2D eigenvalue weighted by atomic mass is 16.7. The number of hydrogen-bond acceptors (Lipinski definition) is 2. The molecule has 3 rings (SSSR count). The van der Waals surface area contributed by atoms with Gasteiger partial charge in [-0.05, 0) is 25.1 Å². The molecule has 2 aliphatic heterocycles. The maximum Gasteiger partial charge on any atom is 0.231 e. The van der Waals surface area contributed by atoms with E-state index in [-0.39, 0.29) is 0 Å². The first-order chi connectivity index (χ1) is 9.63. The quantitative estimate of drug-likeness (QED) is 0.803. The van der Waals surface area contributed by atoms with Crippen molar-refractivity contribution in [2.45, 2.75) is 38.9 Å². The molecule has 1 saturated heterocycles. The van der Waals surface area contributed by atoms with Gasteiger partial charge in [0.1, 0.15) is 6.54 Å². The molecule has 0 spiro atoms. The van der Waals surface area contributed by atoms with Crippen molar-refractivity contribution in [1.82, 2.24) is 0 Å². The fourth-order valence-electron chi connectivity index (χ4n) is 3.39. The Morgan fingerprint density at radius 3 is 2.90 bits per heavy atom. The summed E-state index contributed by atoms with van der Waals surface area (Å²) in [6, 6.07) is 7.80. The third-order valence-electron chi connectivity index (χ3n) is 4.94. The van der Waals surface area contributed by atoms with Gasteiger partial charge < -0.3 is 19.7 Å². The van der Waals surface area contributed by atoms with Gasteiger partial charge in [-0.2, -0.15) is 0 Å². The molecule has 20 heavy (non-hydrogen) atoms. The van der Waals surface area contributed by atoms with E-state index in [2.05, 4.69) is 38.3 Å². The molecule has 2 aliphatic rings. The van der Waals surface area contributed by atoms with E-state index in [1.807, 2.05) is 6.07 Å². The van der Waals surface area contributed by atoms with E-state index in [9.17, 15) is 0 Å². The predicted molar refractivity (Wildman–Crippen MR) is 77.0 cm³/mol. The number of hydrogen-bond donors (Lipinski definition) is 2. The molecule has 4 heteroatoms. The summed E-state index contributed by atoms with van der Waals surface area (Å²) < 4.78 is 10.8. The van der Waals surface area contributed by atoms with E-state index in [1.165, 1.54) is 18.5 Å². The lowest BCUT2D eigenvalue weighted by Gasteiger charge is -2.35. The molecule has 2 heterocycles. The van der Waals surface area contributed by atoms with Gasteiger partial charge in [-0.1, -0.05) is 6.92 Å². The van der Waals surface area contributed by atoms with Crippen LogP contribution < -0.4 is 19.7 Å². The SMILES string of the molecule is C[C@@H]1C[NH+](C)[C@H](C)C[C@@H]1[NH2+]Cc1ccc2c(c1)OCO2. The van der Waals surface area contributed by atoms with Crippen LogP contribution in [0.2, 0.25) is 0 Å². The lowest BCUT2D eigenvalue weighted by Crippen LogP contribution is -3.16. The van der Waals surface area contributed by atoms with Gasteiger partial charge in [0.05, 0.1) is 38.0 Å². The van der Waals surface area contributed by atoms with Crippen LogP contribution in [0.3, 0.4) is 0 Å². The molecule has 1 aromatic rings. The molecule has 0 amide bonds. The highest BCUT2D eigenvalue weighted by Gasteiger charge is 2.34. The number of nitrogens with two attached hydrogens (primary N) is 1. The molecular formula is C16H26N2O2+2. The van der Waals surface area contributed by atoms with Crippen molar-refractivity contribution >= 4 is 0 Å². The van der Waals surface area contributed by atoms with Gasteiger partial charge in [0.25, 0.3) is 0 Å². The summed E-state index contributed by atoms with van der Waals surface area (Å²) in [4.78, 5) is 1.67. The van der Waals surface area contributed by atoms with Crippen molar-refractivity contribution in [3.05, 3.63) is 23.8 Å². The van der Waals surface area contributed by atoms with Crippen molar-refractivity contribution < 1.29 is 19.7 Å². The predicted octanol–water partition coefficient (Wildman–Crippen LogP) is -0.210. The normalized spacial score (nSPS) is 32.4. The number of nitrogens with one attached hydrogen (secondary N) is 1. The number of likely N-dealkylation sites (tertiary alicyclic amines) is 1. The zero-order chi connectivity index (χ0) is 14.1. The van der Waals surface area contributed by atoms with E-state index in [4.69, 9.17) is 9.47 Å². The van der Waals surface area contributed by atoms with Crippen LogP contribution in [0.15, 0.2) is 18.2 Å². The van der Waals surface area contributed by atoms with Crippen LogP contribution in [0.4, 0.5) is 0 Å². The molecule has 1 aromatic carbocycles. The van der Waals surface area contributed by atoms with Gasteiger partial charge in [-0.25, -0.2) is 0 Å². The fraction of sp³-hybridized carbons (Fsp3) is 0.625. The smallest absolute Gasteiger partial charge is 0.231 e. The first-order valence-corrected chi connectivity index (χ1v) is 7.67. The number of piperidine rings is 1. The first-order valence-electron chi connectivity index (χ1n) is 7.67. The van der Waals surface area contributed by atoms with E-state index >= 15 is 0 Å². The molecule has 0 aliphatic carbocycles. The first kappa shape index (κ1) is 13.7. The minimum atomic E-state index is 0.356. The Morgan fingerprint density at radius 2 is 2.05 bits per heavy atom. The Labute approximate surface area is 121 Å². The van der Waals surface area contributed by atoms with Gasteiger partial charge in [0, 0.05) is 5.56 Å². The molecule has 0 saturated carbocycles. The van der Waals surface area contributed by atoms with Crippen molar-refractivity contribution in [3.63, 3.8) is 0 Å². The highest BCUT2D eigenvalue weighted by molar-refractivity contribution is 5.44. The summed E-state index contributed by atoms with van der Waals surface area (Å²) >= 11 is 0. The molecule has 4 nitrogen and oxygen atoms in total. The second-order valence-electron chi connectivity index (χ2n) is 6.46. The van der Waals surface area contributed by atoms with Gasteiger partial charge in [0.15, 0.2) is 11.5 Å². The van der Waals surface area contributed by atoms with Crippen molar-refractivity contribution in [2.75, 3.05) is 20.4 Å². The molecule has 110 valence electrons. The molecule has 1 fully saturated rings. The average Bonchev–Trinajstić information content (AvgIpc) is 2.89. The van der Waals surface area contributed by atoms with Crippen molar-refractivity contribution in [1.29, 1.82) is 0 Å². The van der Waals surface area contributed by atoms with Crippen LogP contribution in [0.25, 0.3) is 0 Å². The largest absolute Gasteiger partial charge is 0.454 e. The Kier molecular flexibility index (Phi) is 3.85. The number of rotatable bonds is 3. The Balaban J connectivity index is 1.59. The summed E-state index contributed by atoms with van der Waals surface area (Å²) in [7, 11) is 2.31. The maximum absolute atomic E-state index is 5.44. The van der Waals surface area contributed by atoms with E-state index in [1.54, 1.807) is 4.90 Å². The maximum atomic E-state index is 5.44. The van der Waals surface area contributed by atoms with E-state index < -0.39 is 0 Å². The Hall–Kier alpha value is -1.26. The molecular weight excluding hydrogens is 252 g/mol. The zero-order valence-electron chi connectivity index (χ0n) is 12.7. The van der Waals surface area contributed by atoms with Crippen LogP contribution in [0.5, 0.6) is 11.5 Å². The standard InChI is InChI=1S/C16H24N2O2/c1-11-9-18(3)12(2)6-14(11)17-8-13-4-5-15-16(7-13)20-10-19-15/h4-5,7,11-12,14,17H,6,8-10H2,1-3H3/p+2/t11-,12-,14+/m1/s1. The molecule has 4 atom stereocenters. The third-order valence-corrected chi connectivity index (χ3v) is 4.94. The van der Waals surface area contributed by atoms with Crippen molar-refractivity contribution in [3.8, 4) is 11.5 Å². The summed E-state index contributed by atoms with van der Waals surface area (Å²) in [6.45, 7) is 7.41. The minimum absolute atomic E-state index is 0.356. The average molecular weight is 278 g/mol. The van der Waals surface area contributed by atoms with Crippen LogP contribution in [0, 0.1) is 5.92 Å². The molecule has 0 radical (unpaired) electrons. The van der Waals surface area contributed by atoms with Gasteiger partial charge in [0.2, 0.25) is 6.79 Å². The zero-order valence-corrected chi connectivity index (χ0v) is 12.7. The molecule has 3 N–H and O–H groups in total. The number of benzene rings is 1. The second-order valence-corrected chi connectivity index (χ2v) is 6.46. The van der Waals surface area contributed by atoms with E-state index in [0.717, 1.165) is 36.0 Å². The molecule has 0 bridgehead atoms. The monoisotopic (exact) mass is 278 g/mol. The molecule has 1 unspecified atom stereocenters. The third kappa shape index (κ3) is 2.76. The second kappa shape index (κ2) is 5.62. The number of ether oxygens (including phenoxy) is 2. The Bertz CT molecular complexity index is 478. The summed E-state index contributed by atoms with van der Waals surface area (Å²) in [6.07, 6.45) is 1.30. The topological polar surface area (TPSA) is 39.5 Å². The summed E-state index contributed by atoms with van der Waals surface area (Å²) in [5.41, 5.74) is 1.32. The number of fused-ring (bicyclic) bond motifs is 1. The lowest BCUT2D eigenvalue weighted by molar-refractivity contribution is -0.923. The molecule has 0 aromatic heterocycles. The Morgan fingerprint density at radius 1 is 1.25 bits per heavy atom. The van der Waals surface area contributed by atoms with Crippen LogP contribution in [-0.4, -0.2) is 32.5 Å². The minimum Gasteiger partial charge on any atom is -0.454 e. The van der Waals surface area contributed by atoms with Crippen LogP contribution >= 0.6 is 0 Å². The van der Waals surface area contributed by atoms with Crippen LogP contribution in [0.1, 0.15) is 25.8 Å². The van der Waals surface area contributed by atoms with Crippen molar-refractivity contribution in [2.24, 2.45) is 5.92 Å². The summed E-state index contributed by atoms with van der Waals surface area (Å²) in [5, 5.41) is 2.51. The highest BCUT2D eigenvalue weighted by Crippen LogP contribution is 2.32. The summed E-state index contributed by atoms with van der Waals surface area (Å²) in [5.74, 6) is 2.55. The van der Waals surface area contributed by atoms with Gasteiger partial charge in [-0.3, -0.25) is 0 Å². The number of quaternary nitrogens is 2. The van der Waals surface area contributed by atoms with Crippen LogP contribution in [-0.2, 0) is 6.54 Å². The lowest BCUT2D eigenvalue weighted by atomic mass is 9.89. The van der Waals surface area contributed by atoms with Gasteiger partial charge in [-0.15, -0.1) is 0 Å². The van der Waals surface area contributed by atoms with E-state index in [0.29, 0.717) is 6.79 Å².